The number of hydrogen-bond acceptors (Lipinski definition) is 0. The predicted molar refractivity (Wildman–Crippen MR) is 94.1 cm³/mol. The van der Waals surface area contributed by atoms with Crippen LogP contribution in [0, 0.1) is 6.92 Å². The van der Waals surface area contributed by atoms with Gasteiger partial charge >= 0.3 is 0 Å². The van der Waals surface area contributed by atoms with E-state index < -0.39 is 0 Å². The average molecular weight is 280 g/mol. The van der Waals surface area contributed by atoms with Gasteiger partial charge in [0, 0.05) is 0 Å². The van der Waals surface area contributed by atoms with Crippen LogP contribution in [-0.4, -0.2) is 0 Å². The normalized spacial score (nSPS) is 11.1. The van der Waals surface area contributed by atoms with Crippen molar-refractivity contribution in [1.82, 2.24) is 0 Å². The zero-order valence-electron chi connectivity index (χ0n) is 14.2. The SMILES string of the molecule is CCCc1cc(C)ccc1-c1ccc(C(C)C)cc1CC. The molecule has 0 spiro atoms. The number of hydrogen-bond donors (Lipinski definition) is 0. The Kier molecular flexibility index (Phi) is 5.22. The molecule has 0 bridgehead atoms. The first-order valence-corrected chi connectivity index (χ1v) is 8.29. The zero-order chi connectivity index (χ0) is 15.4. The van der Waals surface area contributed by atoms with Gasteiger partial charge in [-0.3, -0.25) is 0 Å². The molecule has 0 aliphatic rings. The van der Waals surface area contributed by atoms with Crippen LogP contribution < -0.4 is 0 Å². The van der Waals surface area contributed by atoms with Crippen molar-refractivity contribution in [2.45, 2.75) is 59.8 Å². The maximum absolute atomic E-state index is 2.40. The molecule has 0 unspecified atom stereocenters. The molecular formula is C21H28. The summed E-state index contributed by atoms with van der Waals surface area (Å²) in [5.41, 5.74) is 8.62. The summed E-state index contributed by atoms with van der Waals surface area (Å²) in [6.45, 7) is 11.2. The third-order valence-electron chi connectivity index (χ3n) is 4.25. The van der Waals surface area contributed by atoms with Crippen molar-refractivity contribution in [3.8, 4) is 11.1 Å². The molecular weight excluding hydrogens is 252 g/mol. The molecule has 0 aliphatic carbocycles. The molecule has 0 saturated carbocycles. The Labute approximate surface area is 130 Å². The van der Waals surface area contributed by atoms with Gasteiger partial charge in [0.25, 0.3) is 0 Å². The van der Waals surface area contributed by atoms with Gasteiger partial charge in [0.2, 0.25) is 0 Å². The molecule has 2 rings (SSSR count). The van der Waals surface area contributed by atoms with E-state index in [1.165, 1.54) is 39.8 Å². The highest BCUT2D eigenvalue weighted by Crippen LogP contribution is 2.31. The molecule has 0 atom stereocenters. The van der Waals surface area contributed by atoms with E-state index >= 15 is 0 Å². The monoisotopic (exact) mass is 280 g/mol. The predicted octanol–water partition coefficient (Wildman–Crippen LogP) is 6.30. The highest BCUT2D eigenvalue weighted by Gasteiger charge is 2.10. The van der Waals surface area contributed by atoms with E-state index in [9.17, 15) is 0 Å². The second-order valence-electron chi connectivity index (χ2n) is 6.34. The summed E-state index contributed by atoms with van der Waals surface area (Å²) in [7, 11) is 0. The van der Waals surface area contributed by atoms with Crippen molar-refractivity contribution in [3.63, 3.8) is 0 Å². The highest BCUT2D eigenvalue weighted by atomic mass is 14.2. The van der Waals surface area contributed by atoms with Gasteiger partial charge in [0.1, 0.15) is 0 Å². The molecule has 21 heavy (non-hydrogen) atoms. The minimum Gasteiger partial charge on any atom is -0.0651 e. The van der Waals surface area contributed by atoms with Crippen LogP contribution in [0.4, 0.5) is 0 Å². The summed E-state index contributed by atoms with van der Waals surface area (Å²) in [6.07, 6.45) is 3.45. The number of rotatable bonds is 5. The molecule has 0 N–H and O–H groups in total. The molecule has 0 heteroatoms. The quantitative estimate of drug-likeness (QED) is 0.603. The summed E-state index contributed by atoms with van der Waals surface area (Å²) in [5.74, 6) is 0.595. The fraction of sp³-hybridized carbons (Fsp3) is 0.429. The van der Waals surface area contributed by atoms with Crippen LogP contribution in [0.2, 0.25) is 0 Å². The van der Waals surface area contributed by atoms with Crippen LogP contribution in [-0.2, 0) is 12.8 Å². The van der Waals surface area contributed by atoms with Gasteiger partial charge < -0.3 is 0 Å². The fourth-order valence-electron chi connectivity index (χ4n) is 2.99. The molecule has 0 nitrogen and oxygen atoms in total. The highest BCUT2D eigenvalue weighted by molar-refractivity contribution is 5.71. The van der Waals surface area contributed by atoms with Crippen LogP contribution >= 0.6 is 0 Å². The summed E-state index contributed by atoms with van der Waals surface area (Å²) in [6, 6.07) is 13.9. The molecule has 0 fully saturated rings. The zero-order valence-corrected chi connectivity index (χ0v) is 14.2. The van der Waals surface area contributed by atoms with Crippen molar-refractivity contribution in [1.29, 1.82) is 0 Å². The lowest BCUT2D eigenvalue weighted by Gasteiger charge is -2.16. The van der Waals surface area contributed by atoms with Crippen molar-refractivity contribution in [2.24, 2.45) is 0 Å². The van der Waals surface area contributed by atoms with E-state index in [1.807, 2.05) is 0 Å². The van der Waals surface area contributed by atoms with Gasteiger partial charge in [-0.1, -0.05) is 76.1 Å². The number of aryl methyl sites for hydroxylation is 3. The van der Waals surface area contributed by atoms with E-state index in [-0.39, 0.29) is 0 Å². The van der Waals surface area contributed by atoms with E-state index in [1.54, 1.807) is 0 Å². The maximum atomic E-state index is 2.40. The molecule has 0 amide bonds. The van der Waals surface area contributed by atoms with E-state index in [4.69, 9.17) is 0 Å². The lowest BCUT2D eigenvalue weighted by Crippen LogP contribution is -1.97. The Bertz CT molecular complexity index is 605. The molecule has 2 aromatic carbocycles. The van der Waals surface area contributed by atoms with Gasteiger partial charge in [-0.05, 0) is 53.5 Å². The van der Waals surface area contributed by atoms with Gasteiger partial charge in [-0.2, -0.15) is 0 Å². The first kappa shape index (κ1) is 15.8. The Morgan fingerprint density at radius 3 is 2.14 bits per heavy atom. The van der Waals surface area contributed by atoms with Crippen molar-refractivity contribution < 1.29 is 0 Å². The van der Waals surface area contributed by atoms with Crippen LogP contribution in [0.3, 0.4) is 0 Å². The van der Waals surface area contributed by atoms with Crippen molar-refractivity contribution in [3.05, 3.63) is 58.7 Å². The van der Waals surface area contributed by atoms with Crippen LogP contribution in [0.1, 0.15) is 62.3 Å². The molecule has 0 heterocycles. The van der Waals surface area contributed by atoms with Gasteiger partial charge in [-0.15, -0.1) is 0 Å². The third-order valence-corrected chi connectivity index (χ3v) is 4.25. The molecule has 0 saturated heterocycles. The lowest BCUT2D eigenvalue weighted by atomic mass is 9.89. The first-order valence-electron chi connectivity index (χ1n) is 8.29. The topological polar surface area (TPSA) is 0 Å². The average Bonchev–Trinajstić information content (AvgIpc) is 2.47. The standard InChI is InChI=1S/C21H28/c1-6-8-19-13-16(5)9-11-21(19)20-12-10-18(15(3)4)14-17(20)7-2/h9-15H,6-8H2,1-5H3. The minimum absolute atomic E-state index is 0.595. The summed E-state index contributed by atoms with van der Waals surface area (Å²) >= 11 is 0. The number of benzene rings is 2. The molecule has 112 valence electrons. The summed E-state index contributed by atoms with van der Waals surface area (Å²) in [4.78, 5) is 0. The van der Waals surface area contributed by atoms with Crippen molar-refractivity contribution in [2.75, 3.05) is 0 Å². The fourth-order valence-corrected chi connectivity index (χ4v) is 2.99. The first-order chi connectivity index (χ1) is 10.1. The Morgan fingerprint density at radius 1 is 0.857 bits per heavy atom. The Hall–Kier alpha value is -1.56. The van der Waals surface area contributed by atoms with E-state index in [0.717, 1.165) is 12.8 Å². The maximum Gasteiger partial charge on any atom is -0.0149 e. The second kappa shape index (κ2) is 6.93. The van der Waals surface area contributed by atoms with Crippen molar-refractivity contribution >= 4 is 0 Å². The van der Waals surface area contributed by atoms with Gasteiger partial charge in [0.15, 0.2) is 0 Å². The van der Waals surface area contributed by atoms with Crippen LogP contribution in [0.25, 0.3) is 11.1 Å². The summed E-state index contributed by atoms with van der Waals surface area (Å²) < 4.78 is 0. The lowest BCUT2D eigenvalue weighted by molar-refractivity contribution is 0.862. The van der Waals surface area contributed by atoms with Crippen LogP contribution in [0.15, 0.2) is 36.4 Å². The molecule has 0 aromatic heterocycles. The molecule has 0 aliphatic heterocycles. The third kappa shape index (κ3) is 3.56. The Balaban J connectivity index is 2.55. The van der Waals surface area contributed by atoms with Crippen LogP contribution in [0.5, 0.6) is 0 Å². The summed E-state index contributed by atoms with van der Waals surface area (Å²) in [5, 5.41) is 0. The minimum atomic E-state index is 0.595. The van der Waals surface area contributed by atoms with E-state index in [0.29, 0.717) is 5.92 Å². The van der Waals surface area contributed by atoms with Gasteiger partial charge in [0.05, 0.1) is 0 Å². The second-order valence-corrected chi connectivity index (χ2v) is 6.34. The Morgan fingerprint density at radius 2 is 1.52 bits per heavy atom. The van der Waals surface area contributed by atoms with Gasteiger partial charge in [-0.25, -0.2) is 0 Å². The largest absolute Gasteiger partial charge is 0.0651 e. The molecule has 0 radical (unpaired) electrons. The molecule has 2 aromatic rings. The van der Waals surface area contributed by atoms with E-state index in [2.05, 4.69) is 71.0 Å². The smallest absolute Gasteiger partial charge is 0.0149 e.